The normalized spacial score (nSPS) is 11.1. The zero-order valence-corrected chi connectivity index (χ0v) is 14.5. The summed E-state index contributed by atoms with van der Waals surface area (Å²) in [5.41, 5.74) is 5.90. The van der Waals surface area contributed by atoms with Crippen LogP contribution in [-0.4, -0.2) is 26.7 Å². The van der Waals surface area contributed by atoms with Gasteiger partial charge in [0.2, 0.25) is 0 Å². The van der Waals surface area contributed by atoms with Crippen molar-refractivity contribution in [2.75, 3.05) is 0 Å². The van der Waals surface area contributed by atoms with Gasteiger partial charge in [-0.1, -0.05) is 48.5 Å². The Morgan fingerprint density at radius 2 is 1.78 bits per heavy atom. The van der Waals surface area contributed by atoms with Gasteiger partial charge in [-0.25, -0.2) is 10.4 Å². The molecule has 0 saturated heterocycles. The quantitative estimate of drug-likeness (QED) is 0.441. The summed E-state index contributed by atoms with van der Waals surface area (Å²) >= 11 is 0. The number of hydrogen-bond acceptors (Lipinski definition) is 4. The maximum Gasteiger partial charge on any atom is 0.260 e. The number of rotatable bonds is 5. The molecule has 0 aliphatic heterocycles. The van der Waals surface area contributed by atoms with Crippen molar-refractivity contribution in [1.82, 2.24) is 20.0 Å². The molecule has 1 amide bonds. The summed E-state index contributed by atoms with van der Waals surface area (Å²) in [7, 11) is 0. The third-order valence-electron chi connectivity index (χ3n) is 4.05. The number of nitrogens with zero attached hydrogens (tertiary/aromatic N) is 4. The highest BCUT2D eigenvalue weighted by Crippen LogP contribution is 2.23. The van der Waals surface area contributed by atoms with Crippen molar-refractivity contribution < 1.29 is 4.79 Å². The molecule has 27 heavy (non-hydrogen) atoms. The number of pyridine rings is 1. The van der Waals surface area contributed by atoms with E-state index < -0.39 is 0 Å². The molecule has 0 atom stereocenters. The molecule has 132 valence electrons. The molecule has 0 fully saturated rings. The third-order valence-corrected chi connectivity index (χ3v) is 4.05. The molecule has 0 radical (unpaired) electrons. The lowest BCUT2D eigenvalue weighted by atomic mass is 10.2. The van der Waals surface area contributed by atoms with Gasteiger partial charge in [0.1, 0.15) is 12.2 Å². The molecule has 4 aromatic rings. The molecule has 0 spiro atoms. The highest BCUT2D eigenvalue weighted by Gasteiger charge is 2.15. The number of imidazole rings is 1. The summed E-state index contributed by atoms with van der Waals surface area (Å²) in [6.45, 7) is 0.0958. The molecule has 0 aliphatic carbocycles. The van der Waals surface area contributed by atoms with E-state index >= 15 is 0 Å². The first-order valence-electron chi connectivity index (χ1n) is 8.55. The Morgan fingerprint density at radius 1 is 1.00 bits per heavy atom. The van der Waals surface area contributed by atoms with E-state index in [1.165, 1.54) is 0 Å². The zero-order valence-electron chi connectivity index (χ0n) is 14.5. The van der Waals surface area contributed by atoms with Gasteiger partial charge in [0.25, 0.3) is 5.91 Å². The van der Waals surface area contributed by atoms with Crippen molar-refractivity contribution in [3.8, 4) is 11.5 Å². The van der Waals surface area contributed by atoms with E-state index in [0.29, 0.717) is 11.5 Å². The fraction of sp³-hybridized carbons (Fsp3) is 0.0476. The molecule has 0 bridgehead atoms. The van der Waals surface area contributed by atoms with Crippen LogP contribution < -0.4 is 5.43 Å². The Morgan fingerprint density at radius 3 is 2.59 bits per heavy atom. The number of para-hydroxylation sites is 2. The molecule has 6 nitrogen and oxygen atoms in total. The first-order chi connectivity index (χ1) is 13.3. The number of nitrogens with one attached hydrogen (secondary N) is 1. The van der Waals surface area contributed by atoms with Crippen molar-refractivity contribution in [1.29, 1.82) is 0 Å². The van der Waals surface area contributed by atoms with Crippen LogP contribution in [0.4, 0.5) is 0 Å². The fourth-order valence-corrected chi connectivity index (χ4v) is 2.82. The van der Waals surface area contributed by atoms with Crippen LogP contribution in [-0.2, 0) is 11.3 Å². The number of aromatic nitrogens is 3. The lowest BCUT2D eigenvalue weighted by molar-refractivity contribution is -0.121. The van der Waals surface area contributed by atoms with Gasteiger partial charge < -0.3 is 4.57 Å². The fourth-order valence-electron chi connectivity index (χ4n) is 2.82. The Labute approximate surface area is 156 Å². The van der Waals surface area contributed by atoms with Crippen molar-refractivity contribution >= 4 is 23.2 Å². The van der Waals surface area contributed by atoms with E-state index in [9.17, 15) is 4.79 Å². The molecule has 0 unspecified atom stereocenters. The number of carbonyl (C=O) groups is 1. The average molecular weight is 355 g/mol. The summed E-state index contributed by atoms with van der Waals surface area (Å²) in [5, 5.41) is 4.03. The van der Waals surface area contributed by atoms with E-state index in [0.717, 1.165) is 16.6 Å². The van der Waals surface area contributed by atoms with E-state index in [1.807, 2.05) is 77.4 Å². The number of carbonyl (C=O) groups excluding carboxylic acids is 1. The molecule has 2 aromatic carbocycles. The number of fused-ring (bicyclic) bond motifs is 1. The Hall–Kier alpha value is -3.80. The van der Waals surface area contributed by atoms with Crippen molar-refractivity contribution in [2.24, 2.45) is 5.10 Å². The lowest BCUT2D eigenvalue weighted by Gasteiger charge is -2.07. The van der Waals surface area contributed by atoms with Gasteiger partial charge in [-0.15, -0.1) is 0 Å². The van der Waals surface area contributed by atoms with Gasteiger partial charge in [0, 0.05) is 6.20 Å². The second-order valence-corrected chi connectivity index (χ2v) is 5.93. The number of amides is 1. The minimum absolute atomic E-state index is 0.0958. The van der Waals surface area contributed by atoms with Crippen molar-refractivity contribution in [2.45, 2.75) is 6.54 Å². The van der Waals surface area contributed by atoms with E-state index in [1.54, 1.807) is 12.4 Å². The first-order valence-corrected chi connectivity index (χ1v) is 8.55. The van der Waals surface area contributed by atoms with Crippen LogP contribution in [0.3, 0.4) is 0 Å². The van der Waals surface area contributed by atoms with Crippen LogP contribution in [0.25, 0.3) is 22.6 Å². The molecule has 0 saturated carbocycles. The number of hydrazone groups is 1. The Balaban J connectivity index is 1.59. The Bertz CT molecular complexity index is 1090. The molecular formula is C21H17N5O. The summed E-state index contributed by atoms with van der Waals surface area (Å²) in [6.07, 6.45) is 3.33. The first kappa shape index (κ1) is 16.7. The van der Waals surface area contributed by atoms with Gasteiger partial charge in [-0.05, 0) is 29.8 Å². The summed E-state index contributed by atoms with van der Waals surface area (Å²) in [4.78, 5) is 21.4. The third kappa shape index (κ3) is 3.74. The number of hydrogen-bond donors (Lipinski definition) is 1. The SMILES string of the molecule is O=C(Cn1c(-c2ccccn2)nc2ccccc21)N/N=C/c1ccccc1. The maximum atomic E-state index is 12.4. The second-order valence-electron chi connectivity index (χ2n) is 5.93. The van der Waals surface area contributed by atoms with Gasteiger partial charge in [-0.3, -0.25) is 9.78 Å². The van der Waals surface area contributed by atoms with Crippen LogP contribution in [0.2, 0.25) is 0 Å². The standard InChI is InChI=1S/C21H17N5O/c27-20(25-23-14-16-8-2-1-3-9-16)15-26-19-12-5-4-10-17(19)24-21(26)18-11-6-7-13-22-18/h1-14H,15H2,(H,25,27)/b23-14+. The minimum atomic E-state index is -0.234. The van der Waals surface area contributed by atoms with E-state index in [-0.39, 0.29) is 12.5 Å². The van der Waals surface area contributed by atoms with Crippen molar-refractivity contribution in [3.63, 3.8) is 0 Å². The molecule has 6 heteroatoms. The predicted octanol–water partition coefficient (Wildman–Crippen LogP) is 3.25. The van der Waals surface area contributed by atoms with Crippen LogP contribution >= 0.6 is 0 Å². The largest absolute Gasteiger partial charge is 0.313 e. The van der Waals surface area contributed by atoms with Crippen LogP contribution in [0.5, 0.6) is 0 Å². The predicted molar refractivity (Wildman–Crippen MR) is 105 cm³/mol. The zero-order chi connectivity index (χ0) is 18.5. The molecule has 4 rings (SSSR count). The van der Waals surface area contributed by atoms with Gasteiger partial charge in [0.05, 0.1) is 17.2 Å². The molecular weight excluding hydrogens is 338 g/mol. The summed E-state index contributed by atoms with van der Waals surface area (Å²) in [5.74, 6) is 0.418. The number of benzene rings is 2. The van der Waals surface area contributed by atoms with Crippen LogP contribution in [0.1, 0.15) is 5.56 Å². The average Bonchev–Trinajstić information content (AvgIpc) is 3.08. The van der Waals surface area contributed by atoms with Crippen molar-refractivity contribution in [3.05, 3.63) is 84.6 Å². The highest BCUT2D eigenvalue weighted by molar-refractivity contribution is 5.85. The molecule has 1 N–H and O–H groups in total. The second kappa shape index (κ2) is 7.61. The highest BCUT2D eigenvalue weighted by atomic mass is 16.2. The topological polar surface area (TPSA) is 72.2 Å². The minimum Gasteiger partial charge on any atom is -0.313 e. The lowest BCUT2D eigenvalue weighted by Crippen LogP contribution is -2.23. The summed E-state index contributed by atoms with van der Waals surface area (Å²) in [6, 6.07) is 22.9. The van der Waals surface area contributed by atoms with E-state index in [2.05, 4.69) is 20.5 Å². The maximum absolute atomic E-state index is 12.4. The van der Waals surface area contributed by atoms with Crippen LogP contribution in [0.15, 0.2) is 84.1 Å². The smallest absolute Gasteiger partial charge is 0.260 e. The van der Waals surface area contributed by atoms with Gasteiger partial charge >= 0.3 is 0 Å². The molecule has 2 heterocycles. The van der Waals surface area contributed by atoms with Crippen LogP contribution in [0, 0.1) is 0 Å². The van der Waals surface area contributed by atoms with Gasteiger partial charge in [0.15, 0.2) is 5.82 Å². The van der Waals surface area contributed by atoms with E-state index in [4.69, 9.17) is 0 Å². The van der Waals surface area contributed by atoms with Gasteiger partial charge in [-0.2, -0.15) is 5.10 Å². The summed E-state index contributed by atoms with van der Waals surface area (Å²) < 4.78 is 1.85. The molecule has 2 aromatic heterocycles. The molecule has 0 aliphatic rings. The Kier molecular flexibility index (Phi) is 4.70. The monoisotopic (exact) mass is 355 g/mol.